The van der Waals surface area contributed by atoms with Crippen molar-refractivity contribution < 1.29 is 14.7 Å². The van der Waals surface area contributed by atoms with Crippen LogP contribution in [0.25, 0.3) is 0 Å². The number of hydrogen-bond acceptors (Lipinski definition) is 4. The van der Waals surface area contributed by atoms with Gasteiger partial charge in [-0.05, 0) is 43.0 Å². The first-order valence-electron chi connectivity index (χ1n) is 7.96. The van der Waals surface area contributed by atoms with Crippen LogP contribution >= 0.6 is 0 Å². The summed E-state index contributed by atoms with van der Waals surface area (Å²) in [4.78, 5) is 23.9. The molecular formula is C17H24N2O3. The Morgan fingerprint density at radius 2 is 2.09 bits per heavy atom. The summed E-state index contributed by atoms with van der Waals surface area (Å²) in [6, 6.07) is 4.55. The number of nitrogens with one attached hydrogen (secondary N) is 2. The lowest BCUT2D eigenvalue weighted by Gasteiger charge is -2.21. The first kappa shape index (κ1) is 16.5. The monoisotopic (exact) mass is 304 g/mol. The van der Waals surface area contributed by atoms with E-state index in [4.69, 9.17) is 0 Å². The number of anilines is 1. The zero-order chi connectivity index (χ0) is 16.1. The second-order valence-electron chi connectivity index (χ2n) is 5.72. The van der Waals surface area contributed by atoms with Crippen LogP contribution in [0.2, 0.25) is 0 Å². The molecule has 1 aromatic carbocycles. The Kier molecular flexibility index (Phi) is 5.55. The highest BCUT2D eigenvalue weighted by Crippen LogP contribution is 2.24. The third-order valence-electron chi connectivity index (χ3n) is 4.10. The van der Waals surface area contributed by atoms with Gasteiger partial charge in [0.05, 0.1) is 6.04 Å². The van der Waals surface area contributed by atoms with Crippen LogP contribution in [-0.4, -0.2) is 35.5 Å². The van der Waals surface area contributed by atoms with E-state index < -0.39 is 18.1 Å². The van der Waals surface area contributed by atoms with E-state index >= 15 is 0 Å². The topological polar surface area (TPSA) is 78.4 Å². The molecule has 1 aromatic rings. The van der Waals surface area contributed by atoms with Crippen LogP contribution in [0.1, 0.15) is 49.0 Å². The number of carbonyl (C=O) groups excluding carboxylic acids is 1. The van der Waals surface area contributed by atoms with E-state index in [1.165, 1.54) is 0 Å². The van der Waals surface area contributed by atoms with Crippen LogP contribution in [0, 0.1) is 0 Å². The van der Waals surface area contributed by atoms with E-state index in [2.05, 4.69) is 10.6 Å². The molecule has 0 saturated heterocycles. The number of benzene rings is 1. The van der Waals surface area contributed by atoms with Crippen molar-refractivity contribution in [1.82, 2.24) is 5.32 Å². The maximum absolute atomic E-state index is 12.7. The number of carbonyl (C=O) groups is 2. The molecule has 5 nitrogen and oxygen atoms in total. The van der Waals surface area contributed by atoms with Crippen LogP contribution in [0.15, 0.2) is 18.2 Å². The number of hydrogen-bond donors (Lipinski definition) is 3. The molecule has 0 aromatic heterocycles. The second kappa shape index (κ2) is 7.40. The predicted octanol–water partition coefficient (Wildman–Crippen LogP) is 2.46. The van der Waals surface area contributed by atoms with Crippen molar-refractivity contribution in [3.8, 4) is 0 Å². The van der Waals surface area contributed by atoms with Crippen molar-refractivity contribution in [2.45, 2.75) is 51.6 Å². The Morgan fingerprint density at radius 1 is 1.32 bits per heavy atom. The van der Waals surface area contributed by atoms with Gasteiger partial charge >= 0.3 is 5.97 Å². The number of aliphatic carboxylic acids is 1. The van der Waals surface area contributed by atoms with Crippen molar-refractivity contribution >= 4 is 17.4 Å². The van der Waals surface area contributed by atoms with Gasteiger partial charge in [-0.3, -0.25) is 14.9 Å². The lowest BCUT2D eigenvalue weighted by Crippen LogP contribution is -2.46. The number of fused-ring (bicyclic) bond motifs is 1. The zero-order valence-electron chi connectivity index (χ0n) is 13.2. The lowest BCUT2D eigenvalue weighted by atomic mass is 9.98. The second-order valence-corrected chi connectivity index (χ2v) is 5.72. The van der Waals surface area contributed by atoms with E-state index in [0.717, 1.165) is 30.6 Å². The van der Waals surface area contributed by atoms with Gasteiger partial charge in [0, 0.05) is 17.8 Å². The van der Waals surface area contributed by atoms with Crippen LogP contribution in [0.4, 0.5) is 5.69 Å². The molecule has 0 amide bonds. The fraction of sp³-hybridized carbons (Fsp3) is 0.529. The maximum Gasteiger partial charge on any atom is 0.320 e. The minimum atomic E-state index is -0.897. The average molecular weight is 304 g/mol. The van der Waals surface area contributed by atoms with E-state index in [0.29, 0.717) is 18.4 Å². The molecule has 2 rings (SSSR count). The van der Waals surface area contributed by atoms with Crippen molar-refractivity contribution in [2.75, 3.05) is 11.9 Å². The smallest absolute Gasteiger partial charge is 0.320 e. The number of carboxylic acid groups (broad SMARTS) is 1. The fourth-order valence-electron chi connectivity index (χ4n) is 2.85. The Bertz CT molecular complexity index is 557. The van der Waals surface area contributed by atoms with E-state index in [1.54, 1.807) is 0 Å². The molecule has 120 valence electrons. The molecule has 1 heterocycles. The summed E-state index contributed by atoms with van der Waals surface area (Å²) in [5.74, 6) is -0.925. The largest absolute Gasteiger partial charge is 0.480 e. The van der Waals surface area contributed by atoms with Gasteiger partial charge in [0.15, 0.2) is 5.78 Å². The van der Waals surface area contributed by atoms with E-state index in [9.17, 15) is 14.7 Å². The third kappa shape index (κ3) is 3.65. The van der Waals surface area contributed by atoms with Crippen molar-refractivity contribution in [3.63, 3.8) is 0 Å². The van der Waals surface area contributed by atoms with Gasteiger partial charge in [0.2, 0.25) is 0 Å². The van der Waals surface area contributed by atoms with Crippen molar-refractivity contribution in [2.24, 2.45) is 0 Å². The van der Waals surface area contributed by atoms with Gasteiger partial charge in [-0.2, -0.15) is 0 Å². The number of carboxylic acids is 1. The van der Waals surface area contributed by atoms with Crippen LogP contribution in [0.5, 0.6) is 0 Å². The molecule has 0 aliphatic carbocycles. The van der Waals surface area contributed by atoms with Gasteiger partial charge in [0.25, 0.3) is 0 Å². The minimum Gasteiger partial charge on any atom is -0.480 e. The molecule has 2 atom stereocenters. The SMILES string of the molecule is CCCC(NC(CC)C(=O)c1ccc2c(c1)CCN2)C(=O)O. The molecule has 0 saturated carbocycles. The van der Waals surface area contributed by atoms with Crippen molar-refractivity contribution in [1.29, 1.82) is 0 Å². The average Bonchev–Trinajstić information content (AvgIpc) is 2.98. The summed E-state index contributed by atoms with van der Waals surface area (Å²) < 4.78 is 0. The standard InChI is InChI=1S/C17H24N2O3/c1-3-5-15(17(21)22)19-13(4-2)16(20)12-6-7-14-11(10-12)8-9-18-14/h6-7,10,13,15,18-19H,3-5,8-9H2,1-2H3,(H,21,22). The molecule has 0 bridgehead atoms. The lowest BCUT2D eigenvalue weighted by molar-refractivity contribution is -0.139. The summed E-state index contributed by atoms with van der Waals surface area (Å²) in [5, 5.41) is 15.5. The number of rotatable bonds is 8. The van der Waals surface area contributed by atoms with E-state index in [1.807, 2.05) is 32.0 Å². The minimum absolute atomic E-state index is 0.0282. The summed E-state index contributed by atoms with van der Waals surface area (Å²) in [6.07, 6.45) is 2.78. The Labute approximate surface area is 131 Å². The quantitative estimate of drug-likeness (QED) is 0.643. The Balaban J connectivity index is 2.12. The van der Waals surface area contributed by atoms with Crippen LogP contribution < -0.4 is 10.6 Å². The summed E-state index contributed by atoms with van der Waals surface area (Å²) in [6.45, 7) is 4.74. The normalized spacial score (nSPS) is 15.7. The van der Waals surface area contributed by atoms with Crippen LogP contribution in [-0.2, 0) is 11.2 Å². The van der Waals surface area contributed by atoms with E-state index in [-0.39, 0.29) is 5.78 Å². The number of ketones is 1. The molecular weight excluding hydrogens is 280 g/mol. The molecule has 22 heavy (non-hydrogen) atoms. The van der Waals surface area contributed by atoms with Gasteiger partial charge in [-0.25, -0.2) is 0 Å². The Hall–Kier alpha value is -1.88. The molecule has 3 N–H and O–H groups in total. The van der Waals surface area contributed by atoms with Gasteiger partial charge in [-0.15, -0.1) is 0 Å². The highest BCUT2D eigenvalue weighted by Gasteiger charge is 2.25. The van der Waals surface area contributed by atoms with Crippen molar-refractivity contribution in [3.05, 3.63) is 29.3 Å². The highest BCUT2D eigenvalue weighted by atomic mass is 16.4. The molecule has 0 spiro atoms. The molecule has 2 unspecified atom stereocenters. The Morgan fingerprint density at radius 3 is 2.73 bits per heavy atom. The van der Waals surface area contributed by atoms with Gasteiger partial charge < -0.3 is 10.4 Å². The third-order valence-corrected chi connectivity index (χ3v) is 4.10. The first-order valence-corrected chi connectivity index (χ1v) is 7.96. The van der Waals surface area contributed by atoms with Gasteiger partial charge in [-0.1, -0.05) is 20.3 Å². The molecule has 0 radical (unpaired) electrons. The summed E-state index contributed by atoms with van der Waals surface area (Å²) >= 11 is 0. The molecule has 1 aliphatic rings. The summed E-state index contributed by atoms with van der Waals surface area (Å²) in [7, 11) is 0. The maximum atomic E-state index is 12.7. The molecule has 1 aliphatic heterocycles. The fourth-order valence-corrected chi connectivity index (χ4v) is 2.85. The molecule has 5 heteroatoms. The predicted molar refractivity (Wildman–Crippen MR) is 86.5 cm³/mol. The highest BCUT2D eigenvalue weighted by molar-refractivity contribution is 6.01. The molecule has 0 fully saturated rings. The number of Topliss-reactive ketones (excluding diaryl/α,β-unsaturated/α-hetero) is 1. The van der Waals surface area contributed by atoms with Gasteiger partial charge in [0.1, 0.15) is 6.04 Å². The first-order chi connectivity index (χ1) is 10.6. The zero-order valence-corrected chi connectivity index (χ0v) is 13.2. The van der Waals surface area contributed by atoms with Crippen LogP contribution in [0.3, 0.4) is 0 Å². The summed E-state index contributed by atoms with van der Waals surface area (Å²) in [5.41, 5.74) is 2.90.